The molecule has 0 radical (unpaired) electrons. The SMILES string of the molecule is CCC(C)(C)CC1COC(C)(C)O1. The first-order chi connectivity index (χ1) is 5.85. The van der Waals surface area contributed by atoms with Crippen LogP contribution in [0, 0.1) is 5.41 Å². The van der Waals surface area contributed by atoms with Gasteiger partial charge in [-0.2, -0.15) is 0 Å². The molecule has 1 atom stereocenters. The van der Waals surface area contributed by atoms with E-state index in [1.165, 1.54) is 6.42 Å². The molecule has 2 heteroatoms. The van der Waals surface area contributed by atoms with Gasteiger partial charge in [0.2, 0.25) is 0 Å². The normalized spacial score (nSPS) is 27.9. The second-order valence-electron chi connectivity index (χ2n) is 5.17. The van der Waals surface area contributed by atoms with Crippen molar-refractivity contribution in [1.82, 2.24) is 0 Å². The van der Waals surface area contributed by atoms with E-state index in [0.717, 1.165) is 13.0 Å². The molecule has 1 fully saturated rings. The molecule has 0 N–H and O–H groups in total. The van der Waals surface area contributed by atoms with Crippen LogP contribution in [0.2, 0.25) is 0 Å². The average molecular weight is 186 g/mol. The fourth-order valence-corrected chi connectivity index (χ4v) is 1.62. The van der Waals surface area contributed by atoms with Crippen LogP contribution in [0.25, 0.3) is 0 Å². The molecule has 1 aliphatic rings. The summed E-state index contributed by atoms with van der Waals surface area (Å²) in [5, 5.41) is 0. The molecular formula is C11H22O2. The highest BCUT2D eigenvalue weighted by Gasteiger charge is 2.35. The second-order valence-corrected chi connectivity index (χ2v) is 5.17. The number of ether oxygens (including phenoxy) is 2. The minimum absolute atomic E-state index is 0.282. The van der Waals surface area contributed by atoms with E-state index in [-0.39, 0.29) is 11.9 Å². The second kappa shape index (κ2) is 3.58. The van der Waals surface area contributed by atoms with E-state index in [2.05, 4.69) is 20.8 Å². The highest BCUT2D eigenvalue weighted by Crippen LogP contribution is 2.32. The van der Waals surface area contributed by atoms with Gasteiger partial charge in [-0.25, -0.2) is 0 Å². The van der Waals surface area contributed by atoms with Gasteiger partial charge in [0.25, 0.3) is 0 Å². The summed E-state index contributed by atoms with van der Waals surface area (Å²) in [5.41, 5.74) is 0.369. The molecule has 0 aromatic carbocycles. The van der Waals surface area contributed by atoms with Crippen LogP contribution in [0.5, 0.6) is 0 Å². The zero-order valence-corrected chi connectivity index (χ0v) is 9.52. The fraction of sp³-hybridized carbons (Fsp3) is 1.00. The summed E-state index contributed by atoms with van der Waals surface area (Å²) in [6.07, 6.45) is 2.56. The van der Waals surface area contributed by atoms with Crippen molar-refractivity contribution < 1.29 is 9.47 Å². The molecule has 0 amide bonds. The maximum absolute atomic E-state index is 5.76. The van der Waals surface area contributed by atoms with Crippen LogP contribution in [0.15, 0.2) is 0 Å². The van der Waals surface area contributed by atoms with Gasteiger partial charge in [0, 0.05) is 0 Å². The van der Waals surface area contributed by atoms with Crippen LogP contribution >= 0.6 is 0 Å². The van der Waals surface area contributed by atoms with E-state index < -0.39 is 0 Å². The first-order valence-electron chi connectivity index (χ1n) is 5.16. The smallest absolute Gasteiger partial charge is 0.163 e. The first kappa shape index (κ1) is 11.0. The summed E-state index contributed by atoms with van der Waals surface area (Å²) in [4.78, 5) is 0. The lowest BCUT2D eigenvalue weighted by atomic mass is 9.84. The van der Waals surface area contributed by atoms with E-state index in [4.69, 9.17) is 9.47 Å². The van der Waals surface area contributed by atoms with Gasteiger partial charge in [-0.1, -0.05) is 27.2 Å². The Morgan fingerprint density at radius 2 is 2.00 bits per heavy atom. The standard InChI is InChI=1S/C11H22O2/c1-6-10(2,3)7-9-8-12-11(4,5)13-9/h9H,6-8H2,1-5H3. The van der Waals surface area contributed by atoms with Crippen molar-refractivity contribution in [2.24, 2.45) is 5.41 Å². The number of rotatable bonds is 3. The summed E-state index contributed by atoms with van der Waals surface area (Å²) < 4.78 is 11.3. The summed E-state index contributed by atoms with van der Waals surface area (Å²) in [6.45, 7) is 11.5. The predicted octanol–water partition coefficient (Wildman–Crippen LogP) is 2.96. The maximum Gasteiger partial charge on any atom is 0.163 e. The Labute approximate surface area is 81.6 Å². The van der Waals surface area contributed by atoms with Crippen LogP contribution in [0.4, 0.5) is 0 Å². The Kier molecular flexibility index (Phi) is 3.03. The van der Waals surface area contributed by atoms with Crippen molar-refractivity contribution in [2.75, 3.05) is 6.61 Å². The minimum Gasteiger partial charge on any atom is -0.348 e. The highest BCUT2D eigenvalue weighted by molar-refractivity contribution is 4.77. The van der Waals surface area contributed by atoms with Crippen molar-refractivity contribution in [3.05, 3.63) is 0 Å². The Morgan fingerprint density at radius 3 is 2.38 bits per heavy atom. The van der Waals surface area contributed by atoms with Gasteiger partial charge in [-0.15, -0.1) is 0 Å². The summed E-state index contributed by atoms with van der Waals surface area (Å²) >= 11 is 0. The van der Waals surface area contributed by atoms with Gasteiger partial charge in [-0.05, 0) is 25.7 Å². The van der Waals surface area contributed by atoms with E-state index in [9.17, 15) is 0 Å². The molecule has 1 unspecified atom stereocenters. The van der Waals surface area contributed by atoms with E-state index in [1.807, 2.05) is 13.8 Å². The molecule has 78 valence electrons. The Morgan fingerprint density at radius 1 is 1.38 bits per heavy atom. The molecule has 0 bridgehead atoms. The van der Waals surface area contributed by atoms with E-state index in [0.29, 0.717) is 5.41 Å². The molecule has 1 saturated heterocycles. The molecular weight excluding hydrogens is 164 g/mol. The van der Waals surface area contributed by atoms with Crippen LogP contribution in [-0.2, 0) is 9.47 Å². The third-order valence-corrected chi connectivity index (χ3v) is 2.80. The van der Waals surface area contributed by atoms with Crippen molar-refractivity contribution in [3.8, 4) is 0 Å². The van der Waals surface area contributed by atoms with Crippen LogP contribution in [0.3, 0.4) is 0 Å². The molecule has 0 spiro atoms. The zero-order chi connectivity index (χ0) is 10.1. The molecule has 1 heterocycles. The number of hydrogen-bond donors (Lipinski definition) is 0. The Bertz CT molecular complexity index is 173. The predicted molar refractivity (Wildman–Crippen MR) is 53.6 cm³/mol. The average Bonchev–Trinajstić information content (AvgIpc) is 2.29. The van der Waals surface area contributed by atoms with Gasteiger partial charge in [-0.3, -0.25) is 0 Å². The lowest BCUT2D eigenvalue weighted by Crippen LogP contribution is -2.25. The Balaban J connectivity index is 2.40. The van der Waals surface area contributed by atoms with Crippen LogP contribution in [0.1, 0.15) is 47.5 Å². The summed E-state index contributed by atoms with van der Waals surface area (Å²) in [6, 6.07) is 0. The molecule has 0 aliphatic carbocycles. The lowest BCUT2D eigenvalue weighted by molar-refractivity contribution is -0.141. The largest absolute Gasteiger partial charge is 0.348 e. The molecule has 2 nitrogen and oxygen atoms in total. The lowest BCUT2D eigenvalue weighted by Gasteiger charge is -2.26. The molecule has 0 aromatic rings. The molecule has 0 aromatic heterocycles. The quantitative estimate of drug-likeness (QED) is 0.674. The molecule has 13 heavy (non-hydrogen) atoms. The third kappa shape index (κ3) is 3.28. The van der Waals surface area contributed by atoms with Gasteiger partial charge >= 0.3 is 0 Å². The minimum atomic E-state index is -0.367. The summed E-state index contributed by atoms with van der Waals surface area (Å²) in [7, 11) is 0. The van der Waals surface area contributed by atoms with Gasteiger partial charge < -0.3 is 9.47 Å². The Hall–Kier alpha value is -0.0800. The molecule has 0 saturated carbocycles. The monoisotopic (exact) mass is 186 g/mol. The third-order valence-electron chi connectivity index (χ3n) is 2.80. The van der Waals surface area contributed by atoms with Crippen LogP contribution < -0.4 is 0 Å². The fourth-order valence-electron chi connectivity index (χ4n) is 1.62. The first-order valence-corrected chi connectivity index (χ1v) is 5.16. The highest BCUT2D eigenvalue weighted by atomic mass is 16.7. The van der Waals surface area contributed by atoms with Gasteiger partial charge in [0.1, 0.15) is 0 Å². The topological polar surface area (TPSA) is 18.5 Å². The van der Waals surface area contributed by atoms with Crippen molar-refractivity contribution in [1.29, 1.82) is 0 Å². The molecule has 1 rings (SSSR count). The maximum atomic E-state index is 5.76. The van der Waals surface area contributed by atoms with E-state index in [1.54, 1.807) is 0 Å². The van der Waals surface area contributed by atoms with Crippen molar-refractivity contribution >= 4 is 0 Å². The zero-order valence-electron chi connectivity index (χ0n) is 9.52. The van der Waals surface area contributed by atoms with Gasteiger partial charge in [0.15, 0.2) is 5.79 Å². The van der Waals surface area contributed by atoms with E-state index >= 15 is 0 Å². The van der Waals surface area contributed by atoms with Gasteiger partial charge in [0.05, 0.1) is 12.7 Å². The van der Waals surface area contributed by atoms with Crippen molar-refractivity contribution in [3.63, 3.8) is 0 Å². The number of hydrogen-bond acceptors (Lipinski definition) is 2. The van der Waals surface area contributed by atoms with Crippen molar-refractivity contribution in [2.45, 2.75) is 59.4 Å². The summed E-state index contributed by atoms with van der Waals surface area (Å²) in [5.74, 6) is -0.367. The molecule has 1 aliphatic heterocycles. The van der Waals surface area contributed by atoms with Crippen LogP contribution in [-0.4, -0.2) is 18.5 Å².